The van der Waals surface area contributed by atoms with E-state index in [1.54, 1.807) is 42.5 Å². The topological polar surface area (TPSA) is 129 Å². The number of amides is 3. The quantitative estimate of drug-likeness (QED) is 0.519. The number of primary amides is 1. The first-order valence-electron chi connectivity index (χ1n) is 8.82. The van der Waals surface area contributed by atoms with E-state index in [1.165, 1.54) is 14.2 Å². The Labute approximate surface area is 178 Å². The van der Waals surface area contributed by atoms with E-state index in [9.17, 15) is 14.4 Å². The average molecular weight is 436 g/mol. The molecule has 0 aliphatic rings. The first-order valence-corrected chi connectivity index (χ1v) is 9.19. The lowest BCUT2D eigenvalue weighted by atomic mass is 10.0. The first kappa shape index (κ1) is 22.8. The van der Waals surface area contributed by atoms with E-state index < -0.39 is 30.6 Å². The maximum absolute atomic E-state index is 12.2. The maximum Gasteiger partial charge on any atom is 0.312 e. The summed E-state index contributed by atoms with van der Waals surface area (Å²) in [7, 11) is 2.95. The van der Waals surface area contributed by atoms with Gasteiger partial charge in [-0.3, -0.25) is 9.59 Å². The largest absolute Gasteiger partial charge is 0.497 e. The van der Waals surface area contributed by atoms with Crippen molar-refractivity contribution in [3.63, 3.8) is 0 Å². The summed E-state index contributed by atoms with van der Waals surface area (Å²) in [6.45, 7) is -0.537. The Balaban J connectivity index is 1.98. The van der Waals surface area contributed by atoms with Gasteiger partial charge in [-0.2, -0.15) is 0 Å². The fourth-order valence-corrected chi connectivity index (χ4v) is 2.91. The fraction of sp³-hybridized carbons (Fsp3) is 0.250. The van der Waals surface area contributed by atoms with E-state index in [0.29, 0.717) is 27.8 Å². The molecule has 0 aliphatic carbocycles. The van der Waals surface area contributed by atoms with E-state index in [1.807, 2.05) is 0 Å². The predicted octanol–water partition coefficient (Wildman–Crippen LogP) is 2.64. The molecule has 9 nitrogen and oxygen atoms in total. The number of urea groups is 1. The zero-order valence-electron chi connectivity index (χ0n) is 16.4. The van der Waals surface area contributed by atoms with Gasteiger partial charge in [-0.1, -0.05) is 29.8 Å². The van der Waals surface area contributed by atoms with E-state index >= 15 is 0 Å². The van der Waals surface area contributed by atoms with Crippen LogP contribution in [0.3, 0.4) is 0 Å². The number of hydrogen-bond donors (Lipinski definition) is 3. The second-order valence-electron chi connectivity index (χ2n) is 6.06. The SMILES string of the molecule is COc1ccc(OC)c(NC(=O)COC(=O)CC(NC(N)=O)c2ccccc2Cl)c1. The van der Waals surface area contributed by atoms with Crippen LogP contribution < -0.4 is 25.8 Å². The molecule has 0 aromatic heterocycles. The number of carbonyl (C=O) groups excluding carboxylic acids is 3. The summed E-state index contributed by atoms with van der Waals surface area (Å²) in [5.74, 6) is -0.364. The third-order valence-corrected chi connectivity index (χ3v) is 4.36. The van der Waals surface area contributed by atoms with Crippen LogP contribution >= 0.6 is 11.6 Å². The molecule has 3 amide bonds. The molecule has 1 unspecified atom stereocenters. The molecule has 0 heterocycles. The Morgan fingerprint density at radius 1 is 1.10 bits per heavy atom. The fourth-order valence-electron chi connectivity index (χ4n) is 2.64. The van der Waals surface area contributed by atoms with Crippen LogP contribution in [0, 0.1) is 0 Å². The molecule has 160 valence electrons. The molecule has 2 aromatic carbocycles. The Kier molecular flexibility index (Phi) is 8.30. The molecule has 2 aromatic rings. The van der Waals surface area contributed by atoms with Gasteiger partial charge in [0.1, 0.15) is 11.5 Å². The van der Waals surface area contributed by atoms with Crippen LogP contribution in [-0.4, -0.2) is 38.7 Å². The lowest BCUT2D eigenvalue weighted by Gasteiger charge is -2.18. The highest BCUT2D eigenvalue weighted by atomic mass is 35.5. The van der Waals surface area contributed by atoms with E-state index in [-0.39, 0.29) is 6.42 Å². The molecule has 0 spiro atoms. The van der Waals surface area contributed by atoms with Gasteiger partial charge in [-0.05, 0) is 23.8 Å². The van der Waals surface area contributed by atoms with Gasteiger partial charge in [0.2, 0.25) is 0 Å². The number of hydrogen-bond acceptors (Lipinski definition) is 6. The summed E-state index contributed by atoms with van der Waals surface area (Å²) < 4.78 is 15.3. The van der Waals surface area contributed by atoms with Crippen molar-refractivity contribution in [2.75, 3.05) is 26.1 Å². The molecular weight excluding hydrogens is 414 g/mol. The summed E-state index contributed by atoms with van der Waals surface area (Å²) in [5, 5.41) is 5.39. The molecule has 0 radical (unpaired) electrons. The third-order valence-electron chi connectivity index (χ3n) is 4.01. The number of benzene rings is 2. The van der Waals surface area contributed by atoms with Crippen molar-refractivity contribution in [2.24, 2.45) is 5.73 Å². The van der Waals surface area contributed by atoms with E-state index in [0.717, 1.165) is 0 Å². The number of rotatable bonds is 9. The highest BCUT2D eigenvalue weighted by molar-refractivity contribution is 6.31. The van der Waals surface area contributed by atoms with Crippen molar-refractivity contribution in [3.8, 4) is 11.5 Å². The summed E-state index contributed by atoms with van der Waals surface area (Å²) in [4.78, 5) is 35.7. The van der Waals surface area contributed by atoms with Crippen LogP contribution in [0.25, 0.3) is 0 Å². The van der Waals surface area contributed by atoms with Crippen molar-refractivity contribution >= 4 is 35.2 Å². The smallest absolute Gasteiger partial charge is 0.312 e. The second kappa shape index (κ2) is 10.9. The standard InChI is InChI=1S/C20H22ClN3O6/c1-28-12-7-8-17(29-2)16(9-12)23-18(25)11-30-19(26)10-15(24-20(22)27)13-5-3-4-6-14(13)21/h3-9,15H,10-11H2,1-2H3,(H,23,25)(H3,22,24,27). The van der Waals surface area contributed by atoms with Crippen molar-refractivity contribution in [3.05, 3.63) is 53.1 Å². The van der Waals surface area contributed by atoms with Crippen molar-refractivity contribution in [2.45, 2.75) is 12.5 Å². The number of nitrogens with two attached hydrogens (primary N) is 1. The highest BCUT2D eigenvalue weighted by Gasteiger charge is 2.21. The predicted molar refractivity (Wildman–Crippen MR) is 111 cm³/mol. The minimum absolute atomic E-state index is 0.261. The van der Waals surface area contributed by atoms with Gasteiger partial charge in [0.15, 0.2) is 6.61 Å². The van der Waals surface area contributed by atoms with Gasteiger partial charge >= 0.3 is 12.0 Å². The third kappa shape index (κ3) is 6.56. The lowest BCUT2D eigenvalue weighted by Crippen LogP contribution is -2.35. The number of ether oxygens (including phenoxy) is 3. The summed E-state index contributed by atoms with van der Waals surface area (Å²) in [6, 6.07) is 9.94. The molecular formula is C20H22ClN3O6. The zero-order chi connectivity index (χ0) is 22.1. The summed E-state index contributed by atoms with van der Waals surface area (Å²) >= 11 is 6.13. The monoisotopic (exact) mass is 435 g/mol. The van der Waals surface area contributed by atoms with Crippen molar-refractivity contribution < 1.29 is 28.6 Å². The van der Waals surface area contributed by atoms with Crippen LogP contribution in [0.15, 0.2) is 42.5 Å². The molecule has 0 saturated carbocycles. The molecule has 0 aliphatic heterocycles. The van der Waals surface area contributed by atoms with Crippen LogP contribution in [-0.2, 0) is 14.3 Å². The van der Waals surface area contributed by atoms with Gasteiger partial charge < -0.3 is 30.6 Å². The molecule has 0 bridgehead atoms. The lowest BCUT2D eigenvalue weighted by molar-refractivity contribution is -0.147. The van der Waals surface area contributed by atoms with Gasteiger partial charge in [0.25, 0.3) is 5.91 Å². The van der Waals surface area contributed by atoms with Crippen LogP contribution in [0.2, 0.25) is 5.02 Å². The van der Waals surface area contributed by atoms with Gasteiger partial charge in [-0.15, -0.1) is 0 Å². The molecule has 4 N–H and O–H groups in total. The van der Waals surface area contributed by atoms with Crippen molar-refractivity contribution in [1.82, 2.24) is 5.32 Å². The van der Waals surface area contributed by atoms with Gasteiger partial charge in [0.05, 0.1) is 32.4 Å². The molecule has 0 saturated heterocycles. The highest BCUT2D eigenvalue weighted by Crippen LogP contribution is 2.29. The summed E-state index contributed by atoms with van der Waals surface area (Å²) in [6.07, 6.45) is -0.261. The average Bonchev–Trinajstić information content (AvgIpc) is 2.71. The number of esters is 1. The Morgan fingerprint density at radius 3 is 2.47 bits per heavy atom. The molecule has 0 fully saturated rings. The number of nitrogens with one attached hydrogen (secondary N) is 2. The van der Waals surface area contributed by atoms with Crippen molar-refractivity contribution in [1.29, 1.82) is 0 Å². The molecule has 30 heavy (non-hydrogen) atoms. The van der Waals surface area contributed by atoms with Gasteiger partial charge in [-0.25, -0.2) is 4.79 Å². The number of halogens is 1. The van der Waals surface area contributed by atoms with E-state index in [2.05, 4.69) is 10.6 Å². The number of methoxy groups -OCH3 is 2. The van der Waals surface area contributed by atoms with E-state index in [4.69, 9.17) is 31.5 Å². The first-order chi connectivity index (χ1) is 14.3. The van der Waals surface area contributed by atoms with Crippen LogP contribution in [0.1, 0.15) is 18.0 Å². The number of anilines is 1. The number of carbonyl (C=O) groups is 3. The molecule has 2 rings (SSSR count). The Morgan fingerprint density at radius 2 is 1.83 bits per heavy atom. The van der Waals surface area contributed by atoms with Crippen LogP contribution in [0.5, 0.6) is 11.5 Å². The normalized spacial score (nSPS) is 11.2. The minimum atomic E-state index is -0.824. The molecule has 1 atom stereocenters. The second-order valence-corrected chi connectivity index (χ2v) is 6.47. The summed E-state index contributed by atoms with van der Waals surface area (Å²) in [5.41, 5.74) is 6.05. The molecule has 10 heteroatoms. The van der Waals surface area contributed by atoms with Crippen LogP contribution in [0.4, 0.5) is 10.5 Å². The maximum atomic E-state index is 12.2. The minimum Gasteiger partial charge on any atom is -0.497 e. The Bertz CT molecular complexity index is 921. The zero-order valence-corrected chi connectivity index (χ0v) is 17.2. The van der Waals surface area contributed by atoms with Gasteiger partial charge in [0, 0.05) is 11.1 Å². The Hall–Kier alpha value is -3.46.